The lowest BCUT2D eigenvalue weighted by molar-refractivity contribution is 0.0764. The van der Waals surface area contributed by atoms with E-state index in [0.717, 1.165) is 15.4 Å². The molecule has 0 saturated carbocycles. The molecule has 19 heavy (non-hydrogen) atoms. The van der Waals surface area contributed by atoms with Crippen molar-refractivity contribution >= 4 is 32.7 Å². The van der Waals surface area contributed by atoms with Crippen molar-refractivity contribution in [2.45, 2.75) is 19.4 Å². The molecule has 1 atom stereocenters. The largest absolute Gasteiger partial charge is 0.393 e. The number of nitrogens with one attached hydrogen (secondary N) is 1. The van der Waals surface area contributed by atoms with Crippen LogP contribution in [0.3, 0.4) is 0 Å². The van der Waals surface area contributed by atoms with Gasteiger partial charge in [-0.05, 0) is 31.5 Å². The fourth-order valence-corrected chi connectivity index (χ4v) is 2.40. The Kier molecular flexibility index (Phi) is 4.27. The molecule has 0 radical (unpaired) electrons. The van der Waals surface area contributed by atoms with Gasteiger partial charge >= 0.3 is 0 Å². The molecule has 5 heteroatoms. The second-order valence-electron chi connectivity index (χ2n) is 4.75. The van der Waals surface area contributed by atoms with Crippen molar-refractivity contribution in [3.8, 4) is 0 Å². The number of nitrogens with zero attached hydrogens (tertiary/aromatic N) is 1. The molecule has 0 aliphatic heterocycles. The van der Waals surface area contributed by atoms with Gasteiger partial charge in [-0.2, -0.15) is 0 Å². The zero-order chi connectivity index (χ0) is 14.0. The van der Waals surface area contributed by atoms with Gasteiger partial charge in [0.25, 0.3) is 5.91 Å². The molecule has 0 spiro atoms. The molecule has 1 amide bonds. The van der Waals surface area contributed by atoms with E-state index < -0.39 is 6.10 Å². The van der Waals surface area contributed by atoms with Crippen LogP contribution in [0.1, 0.15) is 23.8 Å². The molecule has 2 N–H and O–H groups in total. The number of aromatic amines is 1. The van der Waals surface area contributed by atoms with E-state index in [-0.39, 0.29) is 5.91 Å². The Balaban J connectivity index is 2.19. The highest BCUT2D eigenvalue weighted by atomic mass is 79.9. The standard InChI is InChI=1S/C14H17BrN2O2/c1-9(18)6-7-17(2)14(19)13-8-10-11(15)4-3-5-12(10)16-13/h3-5,8-9,16,18H,6-7H2,1-2H3. The Labute approximate surface area is 120 Å². The normalized spacial score (nSPS) is 12.6. The van der Waals surface area contributed by atoms with Crippen LogP contribution in [-0.4, -0.2) is 40.6 Å². The van der Waals surface area contributed by atoms with Crippen LogP contribution >= 0.6 is 15.9 Å². The number of hydrogen-bond acceptors (Lipinski definition) is 2. The van der Waals surface area contributed by atoms with E-state index in [4.69, 9.17) is 0 Å². The van der Waals surface area contributed by atoms with Gasteiger partial charge in [0.2, 0.25) is 0 Å². The number of carbonyl (C=O) groups excluding carboxylic acids is 1. The van der Waals surface area contributed by atoms with E-state index in [0.29, 0.717) is 18.7 Å². The number of halogens is 1. The van der Waals surface area contributed by atoms with E-state index in [1.807, 2.05) is 24.3 Å². The summed E-state index contributed by atoms with van der Waals surface area (Å²) in [4.78, 5) is 17.0. The molecule has 0 fully saturated rings. The number of aromatic nitrogens is 1. The number of aliphatic hydroxyl groups is 1. The zero-order valence-corrected chi connectivity index (χ0v) is 12.6. The van der Waals surface area contributed by atoms with Crippen molar-refractivity contribution in [3.63, 3.8) is 0 Å². The van der Waals surface area contributed by atoms with Gasteiger partial charge in [0.05, 0.1) is 6.10 Å². The third kappa shape index (κ3) is 3.16. The van der Waals surface area contributed by atoms with Gasteiger partial charge in [0, 0.05) is 29.0 Å². The molecule has 1 aromatic heterocycles. The maximum absolute atomic E-state index is 12.2. The third-order valence-electron chi connectivity index (χ3n) is 3.07. The number of benzene rings is 1. The topological polar surface area (TPSA) is 56.3 Å². The monoisotopic (exact) mass is 324 g/mol. The number of carbonyl (C=O) groups is 1. The fourth-order valence-electron chi connectivity index (χ4n) is 1.92. The van der Waals surface area contributed by atoms with Gasteiger partial charge in [-0.1, -0.05) is 22.0 Å². The van der Waals surface area contributed by atoms with Crippen LogP contribution in [0.25, 0.3) is 10.9 Å². The second kappa shape index (κ2) is 5.75. The minimum absolute atomic E-state index is 0.0660. The molecule has 1 heterocycles. The van der Waals surface area contributed by atoms with Crippen LogP contribution in [0.15, 0.2) is 28.7 Å². The summed E-state index contributed by atoms with van der Waals surface area (Å²) in [5, 5.41) is 10.2. The molecular weight excluding hydrogens is 308 g/mol. The van der Waals surface area contributed by atoms with Gasteiger partial charge in [0.1, 0.15) is 5.69 Å². The average molecular weight is 325 g/mol. The molecule has 4 nitrogen and oxygen atoms in total. The van der Waals surface area contributed by atoms with Crippen LogP contribution in [0.2, 0.25) is 0 Å². The number of H-pyrrole nitrogens is 1. The first-order valence-electron chi connectivity index (χ1n) is 6.20. The van der Waals surface area contributed by atoms with E-state index in [9.17, 15) is 9.90 Å². The summed E-state index contributed by atoms with van der Waals surface area (Å²) in [5.41, 5.74) is 1.50. The Hall–Kier alpha value is -1.33. The minimum atomic E-state index is -0.396. The van der Waals surface area contributed by atoms with Gasteiger partial charge in [-0.15, -0.1) is 0 Å². The fraction of sp³-hybridized carbons (Fsp3) is 0.357. The van der Waals surface area contributed by atoms with Crippen molar-refractivity contribution in [3.05, 3.63) is 34.4 Å². The second-order valence-corrected chi connectivity index (χ2v) is 5.60. The molecule has 0 saturated heterocycles. The van der Waals surface area contributed by atoms with Crippen molar-refractivity contribution in [2.75, 3.05) is 13.6 Å². The average Bonchev–Trinajstić information content (AvgIpc) is 2.80. The lowest BCUT2D eigenvalue weighted by Crippen LogP contribution is -2.29. The summed E-state index contributed by atoms with van der Waals surface area (Å²) in [5.74, 6) is -0.0660. The third-order valence-corrected chi connectivity index (χ3v) is 3.76. The van der Waals surface area contributed by atoms with Gasteiger partial charge in [-0.3, -0.25) is 4.79 Å². The predicted molar refractivity (Wildman–Crippen MR) is 79.3 cm³/mol. The quantitative estimate of drug-likeness (QED) is 0.908. The van der Waals surface area contributed by atoms with Gasteiger partial charge in [0.15, 0.2) is 0 Å². The van der Waals surface area contributed by atoms with Crippen LogP contribution in [-0.2, 0) is 0 Å². The summed E-state index contributed by atoms with van der Waals surface area (Å²) in [6, 6.07) is 7.66. The Morgan fingerprint density at radius 1 is 1.53 bits per heavy atom. The molecular formula is C14H17BrN2O2. The summed E-state index contributed by atoms with van der Waals surface area (Å²) in [7, 11) is 1.74. The predicted octanol–water partition coefficient (Wildman–Crippen LogP) is 2.77. The molecule has 0 bridgehead atoms. The molecule has 102 valence electrons. The molecule has 1 unspecified atom stereocenters. The van der Waals surface area contributed by atoms with Gasteiger partial charge in [-0.25, -0.2) is 0 Å². The Morgan fingerprint density at radius 3 is 2.89 bits per heavy atom. The Morgan fingerprint density at radius 2 is 2.26 bits per heavy atom. The summed E-state index contributed by atoms with van der Waals surface area (Å²) in [6.07, 6.45) is 0.179. The number of hydrogen-bond donors (Lipinski definition) is 2. The molecule has 2 aromatic rings. The molecule has 2 rings (SSSR count). The number of fused-ring (bicyclic) bond motifs is 1. The van der Waals surface area contributed by atoms with Crippen molar-refractivity contribution < 1.29 is 9.90 Å². The zero-order valence-electron chi connectivity index (χ0n) is 11.0. The Bertz CT molecular complexity index is 592. The first-order valence-corrected chi connectivity index (χ1v) is 6.99. The highest BCUT2D eigenvalue weighted by Crippen LogP contribution is 2.24. The van der Waals surface area contributed by atoms with E-state index in [2.05, 4.69) is 20.9 Å². The molecule has 0 aliphatic rings. The van der Waals surface area contributed by atoms with E-state index in [1.54, 1.807) is 18.9 Å². The lowest BCUT2D eigenvalue weighted by Gasteiger charge is -2.17. The van der Waals surface area contributed by atoms with E-state index in [1.165, 1.54) is 0 Å². The summed E-state index contributed by atoms with van der Waals surface area (Å²) >= 11 is 3.47. The first-order chi connectivity index (χ1) is 8.99. The maximum atomic E-state index is 12.2. The smallest absolute Gasteiger partial charge is 0.270 e. The molecule has 0 aliphatic carbocycles. The number of amides is 1. The number of rotatable bonds is 4. The lowest BCUT2D eigenvalue weighted by atomic mass is 10.2. The van der Waals surface area contributed by atoms with Crippen LogP contribution in [0, 0.1) is 0 Å². The van der Waals surface area contributed by atoms with Gasteiger partial charge < -0.3 is 15.0 Å². The summed E-state index contributed by atoms with van der Waals surface area (Å²) < 4.78 is 0.965. The maximum Gasteiger partial charge on any atom is 0.270 e. The minimum Gasteiger partial charge on any atom is -0.393 e. The number of aliphatic hydroxyl groups excluding tert-OH is 1. The van der Waals surface area contributed by atoms with Crippen molar-refractivity contribution in [1.82, 2.24) is 9.88 Å². The first kappa shape index (κ1) is 14.1. The molecule has 1 aromatic carbocycles. The van der Waals surface area contributed by atoms with E-state index >= 15 is 0 Å². The van der Waals surface area contributed by atoms with Crippen LogP contribution < -0.4 is 0 Å². The van der Waals surface area contributed by atoms with Crippen molar-refractivity contribution in [2.24, 2.45) is 0 Å². The van der Waals surface area contributed by atoms with Crippen LogP contribution in [0.4, 0.5) is 0 Å². The summed E-state index contributed by atoms with van der Waals surface area (Å²) in [6.45, 7) is 2.26. The highest BCUT2D eigenvalue weighted by molar-refractivity contribution is 9.10. The highest BCUT2D eigenvalue weighted by Gasteiger charge is 2.15. The SMILES string of the molecule is CC(O)CCN(C)C(=O)c1cc2c(Br)cccc2[nH]1. The van der Waals surface area contributed by atoms with Crippen LogP contribution in [0.5, 0.6) is 0 Å². The van der Waals surface area contributed by atoms with Crippen molar-refractivity contribution in [1.29, 1.82) is 0 Å².